The first-order chi connectivity index (χ1) is 22.5. The van der Waals surface area contributed by atoms with Crippen LogP contribution in [0.15, 0.2) is 79.1 Å². The Kier molecular flexibility index (Phi) is 14.5. The number of aryl methyl sites for hydroxylation is 6. The Morgan fingerprint density at radius 1 is 0.580 bits per heavy atom. The van der Waals surface area contributed by atoms with Crippen LogP contribution in [-0.4, -0.2) is 34.0 Å². The second-order valence-corrected chi connectivity index (χ2v) is 14.0. The topological polar surface area (TPSA) is 32.3 Å². The van der Waals surface area contributed by atoms with Gasteiger partial charge in [-0.25, -0.2) is 0 Å². The van der Waals surface area contributed by atoms with E-state index in [1.54, 1.807) is 0 Å². The summed E-state index contributed by atoms with van der Waals surface area (Å²) in [5.74, 6) is 0. The molecule has 1 aliphatic heterocycles. The van der Waals surface area contributed by atoms with Gasteiger partial charge in [-0.2, -0.15) is 0 Å². The van der Waals surface area contributed by atoms with Crippen LogP contribution in [0, 0.1) is 55.4 Å². The van der Waals surface area contributed by atoms with Gasteiger partial charge in [-0.1, -0.05) is 6.07 Å². The molecule has 4 nitrogen and oxygen atoms in total. The Morgan fingerprint density at radius 3 is 1.50 bits per heavy atom. The number of nitrogens with zero attached hydrogens (tertiary/aromatic N) is 4. The molecule has 0 aliphatic carbocycles. The molecule has 0 bridgehead atoms. The molecule has 0 spiro atoms. The van der Waals surface area contributed by atoms with Crippen molar-refractivity contribution < 1.29 is 0 Å². The first-order valence-corrected chi connectivity index (χ1v) is 17.2. The minimum absolute atomic E-state index is 0. The van der Waals surface area contributed by atoms with Gasteiger partial charge in [0.25, 0.3) is 0 Å². The Hall–Kier alpha value is -3.41. The maximum Gasteiger partial charge on any atom is 0.0705 e. The number of hydrogen-bond acceptors (Lipinski definition) is 4. The third-order valence-corrected chi connectivity index (χ3v) is 10.4. The smallest absolute Gasteiger partial charge is 0.0705 e. The molecule has 0 radical (unpaired) electrons. The van der Waals surface area contributed by atoms with Crippen LogP contribution in [0.2, 0.25) is 0 Å². The Morgan fingerprint density at radius 2 is 1.02 bits per heavy atom. The zero-order valence-electron chi connectivity index (χ0n) is 30.8. The van der Waals surface area contributed by atoms with Gasteiger partial charge in [0.05, 0.1) is 11.4 Å². The van der Waals surface area contributed by atoms with Crippen molar-refractivity contribution in [1.82, 2.24) is 14.9 Å². The van der Waals surface area contributed by atoms with Crippen LogP contribution in [0.3, 0.4) is 0 Å². The number of halogens is 3. The third kappa shape index (κ3) is 9.47. The predicted octanol–water partition coefficient (Wildman–Crippen LogP) is 11.2. The van der Waals surface area contributed by atoms with Gasteiger partial charge in [0.1, 0.15) is 0 Å². The van der Waals surface area contributed by atoms with Crippen molar-refractivity contribution in [2.75, 3.05) is 18.0 Å². The van der Waals surface area contributed by atoms with Gasteiger partial charge >= 0.3 is 0 Å². The second-order valence-electron chi connectivity index (χ2n) is 14.0. The van der Waals surface area contributed by atoms with Gasteiger partial charge < -0.3 is 4.90 Å². The summed E-state index contributed by atoms with van der Waals surface area (Å²) in [6.45, 7) is 21.6. The second kappa shape index (κ2) is 17.7. The van der Waals surface area contributed by atoms with E-state index in [4.69, 9.17) is 9.97 Å². The first kappa shape index (κ1) is 41.0. The Labute approximate surface area is 319 Å². The zero-order chi connectivity index (χ0) is 33.2. The number of anilines is 1. The average molecular weight is 732 g/mol. The lowest BCUT2D eigenvalue weighted by molar-refractivity contribution is 0.201. The maximum absolute atomic E-state index is 4.80. The number of benzene rings is 3. The lowest BCUT2D eigenvalue weighted by Gasteiger charge is -2.40. The molecular formula is C43H53Cl3N4. The number of hydrogen-bond donors (Lipinski definition) is 0. The van der Waals surface area contributed by atoms with Crippen molar-refractivity contribution in [2.45, 2.75) is 87.4 Å². The summed E-state index contributed by atoms with van der Waals surface area (Å²) >= 11 is 0. The monoisotopic (exact) mass is 730 g/mol. The molecule has 5 aromatic rings. The molecule has 3 heterocycles. The molecule has 7 heteroatoms. The Bertz CT molecular complexity index is 1850. The number of pyridine rings is 2. The van der Waals surface area contributed by atoms with Crippen molar-refractivity contribution in [3.63, 3.8) is 0 Å². The highest BCUT2D eigenvalue weighted by atomic mass is 35.5. The minimum atomic E-state index is 0. The molecule has 6 rings (SSSR count). The number of likely N-dealkylation sites (tertiary alicyclic amines) is 1. The van der Waals surface area contributed by atoms with Crippen LogP contribution < -0.4 is 4.90 Å². The van der Waals surface area contributed by atoms with Crippen LogP contribution in [0.1, 0.15) is 68.5 Å². The highest BCUT2D eigenvalue weighted by Gasteiger charge is 2.26. The van der Waals surface area contributed by atoms with Gasteiger partial charge in [0.2, 0.25) is 0 Å². The zero-order valence-corrected chi connectivity index (χ0v) is 33.3. The Balaban J connectivity index is 0.00000225. The number of piperidine rings is 1. The van der Waals surface area contributed by atoms with E-state index >= 15 is 0 Å². The fourth-order valence-corrected chi connectivity index (χ4v) is 7.22. The van der Waals surface area contributed by atoms with Crippen molar-refractivity contribution in [2.24, 2.45) is 0 Å². The molecule has 0 N–H and O–H groups in total. The molecule has 50 heavy (non-hydrogen) atoms. The van der Waals surface area contributed by atoms with E-state index in [2.05, 4.69) is 132 Å². The molecular weight excluding hydrogens is 679 g/mol. The maximum atomic E-state index is 4.80. The molecule has 0 amide bonds. The van der Waals surface area contributed by atoms with Crippen LogP contribution in [0.5, 0.6) is 0 Å². The van der Waals surface area contributed by atoms with Gasteiger partial charge in [0, 0.05) is 61.4 Å². The molecule has 1 saturated heterocycles. The van der Waals surface area contributed by atoms with E-state index in [-0.39, 0.29) is 37.2 Å². The average Bonchev–Trinajstić information content (AvgIpc) is 3.05. The summed E-state index contributed by atoms with van der Waals surface area (Å²) in [4.78, 5) is 14.8. The summed E-state index contributed by atoms with van der Waals surface area (Å²) < 4.78 is 0. The molecule has 0 atom stereocenters. The first-order valence-electron chi connectivity index (χ1n) is 17.2. The molecule has 0 unspecified atom stereocenters. The number of rotatable bonds is 8. The molecule has 3 aromatic carbocycles. The molecule has 2 aromatic heterocycles. The summed E-state index contributed by atoms with van der Waals surface area (Å²) in [7, 11) is 0. The standard InChI is InChI=1S/C43H50N4.3ClH/c1-28-17-29(2)19-41(18-28)47(27-37-10-14-45-43(25-37)39-22-32(5)35(8)33(6)23-39)40-11-15-46(16-12-40)26-36-9-13-44-42(24-36)38-20-30(3)34(7)31(4)21-38;;;/h9-10,13-14,17-25,40H,11-12,15-16,26-27H2,1-8H3;3*1H. The quantitative estimate of drug-likeness (QED) is 0.159. The van der Waals surface area contributed by atoms with Crippen LogP contribution in [0.25, 0.3) is 22.5 Å². The highest BCUT2D eigenvalue weighted by molar-refractivity contribution is 5.86. The summed E-state index contributed by atoms with van der Waals surface area (Å²) in [5.41, 5.74) is 19.1. The number of aromatic nitrogens is 2. The van der Waals surface area contributed by atoms with E-state index in [1.165, 1.54) is 72.4 Å². The molecule has 0 saturated carbocycles. The minimum Gasteiger partial charge on any atom is -0.364 e. The van der Waals surface area contributed by atoms with E-state index in [1.807, 2.05) is 12.4 Å². The van der Waals surface area contributed by atoms with Crippen molar-refractivity contribution >= 4 is 42.9 Å². The van der Waals surface area contributed by atoms with E-state index < -0.39 is 0 Å². The van der Waals surface area contributed by atoms with Gasteiger partial charge in [-0.3, -0.25) is 14.9 Å². The largest absolute Gasteiger partial charge is 0.364 e. The third-order valence-electron chi connectivity index (χ3n) is 10.4. The van der Waals surface area contributed by atoms with E-state index in [9.17, 15) is 0 Å². The lowest BCUT2D eigenvalue weighted by atomic mass is 9.97. The van der Waals surface area contributed by atoms with E-state index in [0.29, 0.717) is 6.04 Å². The SMILES string of the molecule is Cc1cc(C)cc(N(Cc2ccnc(-c3cc(C)c(C)c(C)c3)c2)C2CCN(Cc3ccnc(-c4cc(C)c(C)c(C)c4)c3)CC2)c1.Cl.Cl.Cl. The summed E-state index contributed by atoms with van der Waals surface area (Å²) in [5, 5.41) is 0. The summed E-state index contributed by atoms with van der Waals surface area (Å²) in [6, 6.07) is 25.5. The predicted molar refractivity (Wildman–Crippen MR) is 220 cm³/mol. The van der Waals surface area contributed by atoms with E-state index in [0.717, 1.165) is 50.4 Å². The van der Waals surface area contributed by atoms with Gasteiger partial charge in [-0.15, -0.1) is 37.2 Å². The normalized spacial score (nSPS) is 13.2. The van der Waals surface area contributed by atoms with Crippen LogP contribution in [0.4, 0.5) is 5.69 Å². The van der Waals surface area contributed by atoms with Crippen LogP contribution >= 0.6 is 37.2 Å². The highest BCUT2D eigenvalue weighted by Crippen LogP contribution is 2.31. The van der Waals surface area contributed by atoms with Gasteiger partial charge in [-0.05, 0) is 185 Å². The molecule has 266 valence electrons. The molecule has 1 fully saturated rings. The van der Waals surface area contributed by atoms with Crippen molar-refractivity contribution in [1.29, 1.82) is 0 Å². The fraction of sp³-hybridized carbons (Fsp3) is 0.349. The summed E-state index contributed by atoms with van der Waals surface area (Å²) in [6.07, 6.45) is 6.23. The molecule has 1 aliphatic rings. The lowest BCUT2D eigenvalue weighted by Crippen LogP contribution is -2.44. The fourth-order valence-electron chi connectivity index (χ4n) is 7.22. The van der Waals surface area contributed by atoms with Crippen LogP contribution in [-0.2, 0) is 13.1 Å². The van der Waals surface area contributed by atoms with Gasteiger partial charge in [0.15, 0.2) is 0 Å². The van der Waals surface area contributed by atoms with Crippen molar-refractivity contribution in [3.8, 4) is 22.5 Å². The van der Waals surface area contributed by atoms with Crippen molar-refractivity contribution in [3.05, 3.63) is 135 Å².